The molecule has 0 unspecified atom stereocenters. The number of rotatable bonds is 2. The highest BCUT2D eigenvalue weighted by atomic mass is 16.2. The highest BCUT2D eigenvalue weighted by Gasteiger charge is 2.02. The maximum Gasteiger partial charge on any atom is 0.222 e. The number of anilines is 2. The standard InChI is InChI=1S/C7H9N5O2/c1-4(13)8-6-3-7(9-5(2)14)11-12-10-6/h3H,1-2H3,(H2,8,9,10,11,13,14). The predicted octanol–water partition coefficient (Wildman–Crippen LogP) is -0.212. The van der Waals surface area contributed by atoms with Crippen molar-refractivity contribution < 1.29 is 9.59 Å². The smallest absolute Gasteiger partial charge is 0.222 e. The van der Waals surface area contributed by atoms with E-state index < -0.39 is 0 Å². The van der Waals surface area contributed by atoms with Crippen LogP contribution in [0.4, 0.5) is 11.6 Å². The first-order chi connectivity index (χ1) is 6.58. The minimum absolute atomic E-state index is 0.247. The maximum absolute atomic E-state index is 10.7. The third kappa shape index (κ3) is 3.13. The van der Waals surface area contributed by atoms with Gasteiger partial charge in [0.1, 0.15) is 0 Å². The molecule has 0 bridgehead atoms. The number of aromatic nitrogens is 3. The molecular formula is C7H9N5O2. The summed E-state index contributed by atoms with van der Waals surface area (Å²) in [6, 6.07) is 1.41. The van der Waals surface area contributed by atoms with E-state index in [-0.39, 0.29) is 23.5 Å². The van der Waals surface area contributed by atoms with Gasteiger partial charge in [-0.1, -0.05) is 0 Å². The predicted molar refractivity (Wildman–Crippen MR) is 48.4 cm³/mol. The second kappa shape index (κ2) is 4.26. The van der Waals surface area contributed by atoms with Gasteiger partial charge in [0.15, 0.2) is 11.6 Å². The maximum atomic E-state index is 10.7. The molecular weight excluding hydrogens is 186 g/mol. The van der Waals surface area contributed by atoms with Gasteiger partial charge in [0, 0.05) is 19.9 Å². The molecule has 0 spiro atoms. The summed E-state index contributed by atoms with van der Waals surface area (Å²) in [6.45, 7) is 2.69. The summed E-state index contributed by atoms with van der Waals surface area (Å²) in [5.74, 6) is -0.0361. The van der Waals surface area contributed by atoms with Crippen molar-refractivity contribution in [2.45, 2.75) is 13.8 Å². The van der Waals surface area contributed by atoms with Crippen molar-refractivity contribution in [3.8, 4) is 0 Å². The van der Waals surface area contributed by atoms with Gasteiger partial charge < -0.3 is 10.6 Å². The molecule has 0 aromatic carbocycles. The minimum Gasteiger partial charge on any atom is -0.309 e. The highest BCUT2D eigenvalue weighted by molar-refractivity contribution is 5.90. The number of nitrogens with one attached hydrogen (secondary N) is 2. The first-order valence-electron chi connectivity index (χ1n) is 3.83. The first-order valence-corrected chi connectivity index (χ1v) is 3.83. The molecule has 0 saturated heterocycles. The van der Waals surface area contributed by atoms with E-state index in [4.69, 9.17) is 0 Å². The molecule has 1 rings (SSSR count). The monoisotopic (exact) mass is 195 g/mol. The molecule has 0 aliphatic heterocycles. The summed E-state index contributed by atoms with van der Waals surface area (Å²) in [4.78, 5) is 21.3. The molecule has 0 fully saturated rings. The molecule has 0 atom stereocenters. The van der Waals surface area contributed by atoms with Gasteiger partial charge in [-0.2, -0.15) is 0 Å². The quantitative estimate of drug-likeness (QED) is 0.680. The van der Waals surface area contributed by atoms with Crippen molar-refractivity contribution in [1.82, 2.24) is 15.4 Å². The van der Waals surface area contributed by atoms with E-state index in [0.29, 0.717) is 0 Å². The Hall–Kier alpha value is -2.05. The summed E-state index contributed by atoms with van der Waals surface area (Å²) in [6.07, 6.45) is 0. The normalized spacial score (nSPS) is 9.29. The van der Waals surface area contributed by atoms with E-state index in [9.17, 15) is 9.59 Å². The zero-order valence-electron chi connectivity index (χ0n) is 7.74. The molecule has 14 heavy (non-hydrogen) atoms. The average Bonchev–Trinajstić information content (AvgIpc) is 2.01. The van der Waals surface area contributed by atoms with Gasteiger partial charge >= 0.3 is 0 Å². The summed E-state index contributed by atoms with van der Waals surface area (Å²) in [5, 5.41) is 15.3. The molecule has 7 nitrogen and oxygen atoms in total. The number of hydrogen-bond acceptors (Lipinski definition) is 5. The van der Waals surface area contributed by atoms with Crippen LogP contribution in [0.5, 0.6) is 0 Å². The molecule has 74 valence electrons. The van der Waals surface area contributed by atoms with Crippen molar-refractivity contribution in [1.29, 1.82) is 0 Å². The molecule has 7 heteroatoms. The Bertz CT molecular complexity index is 334. The third-order valence-electron chi connectivity index (χ3n) is 1.19. The van der Waals surface area contributed by atoms with Crippen LogP contribution in [-0.2, 0) is 9.59 Å². The fourth-order valence-corrected chi connectivity index (χ4v) is 0.789. The lowest BCUT2D eigenvalue weighted by Crippen LogP contribution is -2.12. The van der Waals surface area contributed by atoms with Gasteiger partial charge in [-0.15, -0.1) is 10.2 Å². The first kappa shape index (κ1) is 10.0. The van der Waals surface area contributed by atoms with Gasteiger partial charge in [0.25, 0.3) is 0 Å². The van der Waals surface area contributed by atoms with Crippen LogP contribution in [0.2, 0.25) is 0 Å². The minimum atomic E-state index is -0.265. The van der Waals surface area contributed by atoms with Crippen LogP contribution in [-0.4, -0.2) is 27.2 Å². The fraction of sp³-hybridized carbons (Fsp3) is 0.286. The molecule has 1 heterocycles. The van der Waals surface area contributed by atoms with Crippen LogP contribution in [0.15, 0.2) is 6.07 Å². The molecule has 0 saturated carbocycles. The molecule has 0 aliphatic carbocycles. The van der Waals surface area contributed by atoms with Crippen molar-refractivity contribution >= 4 is 23.5 Å². The topological polar surface area (TPSA) is 96.9 Å². The molecule has 0 radical (unpaired) electrons. The third-order valence-corrected chi connectivity index (χ3v) is 1.19. The molecule has 1 aromatic heterocycles. The van der Waals surface area contributed by atoms with Crippen LogP contribution >= 0.6 is 0 Å². The Labute approximate surface area is 79.9 Å². The summed E-state index contributed by atoms with van der Waals surface area (Å²) in [5.41, 5.74) is 0. The summed E-state index contributed by atoms with van der Waals surface area (Å²) < 4.78 is 0. The average molecular weight is 195 g/mol. The molecule has 0 aliphatic rings. The van der Waals surface area contributed by atoms with Crippen molar-refractivity contribution in [3.63, 3.8) is 0 Å². The Morgan fingerprint density at radius 3 is 1.86 bits per heavy atom. The SMILES string of the molecule is CC(=O)Nc1cc(NC(C)=O)nnn1. The number of carbonyl (C=O) groups excluding carboxylic acids is 2. The van der Waals surface area contributed by atoms with E-state index in [1.807, 2.05) is 0 Å². The van der Waals surface area contributed by atoms with Gasteiger partial charge in [-0.25, -0.2) is 0 Å². The number of amides is 2. The fourth-order valence-electron chi connectivity index (χ4n) is 0.789. The second-order valence-electron chi connectivity index (χ2n) is 2.57. The zero-order chi connectivity index (χ0) is 10.6. The van der Waals surface area contributed by atoms with E-state index in [1.54, 1.807) is 0 Å². The Balaban J connectivity index is 2.78. The second-order valence-corrected chi connectivity index (χ2v) is 2.57. The Morgan fingerprint density at radius 2 is 1.50 bits per heavy atom. The summed E-state index contributed by atoms with van der Waals surface area (Å²) >= 11 is 0. The van der Waals surface area contributed by atoms with Crippen LogP contribution in [0, 0.1) is 0 Å². The van der Waals surface area contributed by atoms with E-state index in [0.717, 1.165) is 0 Å². The van der Waals surface area contributed by atoms with Gasteiger partial charge in [-0.3, -0.25) is 9.59 Å². The molecule has 2 amide bonds. The largest absolute Gasteiger partial charge is 0.309 e. The van der Waals surface area contributed by atoms with Crippen molar-refractivity contribution in [3.05, 3.63) is 6.07 Å². The van der Waals surface area contributed by atoms with E-state index in [1.165, 1.54) is 19.9 Å². The number of carbonyl (C=O) groups is 2. The van der Waals surface area contributed by atoms with Gasteiger partial charge in [-0.05, 0) is 5.21 Å². The van der Waals surface area contributed by atoms with Crippen LogP contribution in [0.25, 0.3) is 0 Å². The van der Waals surface area contributed by atoms with Crippen LogP contribution in [0.1, 0.15) is 13.8 Å². The van der Waals surface area contributed by atoms with Gasteiger partial charge in [0.2, 0.25) is 11.8 Å². The summed E-state index contributed by atoms with van der Waals surface area (Å²) in [7, 11) is 0. The number of hydrogen-bond donors (Lipinski definition) is 2. The van der Waals surface area contributed by atoms with Crippen LogP contribution in [0.3, 0.4) is 0 Å². The molecule has 2 N–H and O–H groups in total. The lowest BCUT2D eigenvalue weighted by atomic mass is 10.5. The lowest BCUT2D eigenvalue weighted by Gasteiger charge is -2.01. The molecule has 1 aromatic rings. The van der Waals surface area contributed by atoms with E-state index in [2.05, 4.69) is 26.0 Å². The van der Waals surface area contributed by atoms with Crippen molar-refractivity contribution in [2.75, 3.05) is 10.6 Å². The number of nitrogens with zero attached hydrogens (tertiary/aromatic N) is 3. The van der Waals surface area contributed by atoms with Gasteiger partial charge in [0.05, 0.1) is 0 Å². The van der Waals surface area contributed by atoms with E-state index >= 15 is 0 Å². The Morgan fingerprint density at radius 1 is 1.07 bits per heavy atom. The van der Waals surface area contributed by atoms with Crippen LogP contribution < -0.4 is 10.6 Å². The highest BCUT2D eigenvalue weighted by Crippen LogP contribution is 2.06. The zero-order valence-corrected chi connectivity index (χ0v) is 7.74. The Kier molecular flexibility index (Phi) is 3.05. The lowest BCUT2D eigenvalue weighted by molar-refractivity contribution is -0.115. The van der Waals surface area contributed by atoms with Crippen molar-refractivity contribution in [2.24, 2.45) is 0 Å².